The number of nitrogens with zero attached hydrogens (tertiary/aromatic N) is 2. The first-order valence-corrected chi connectivity index (χ1v) is 7.92. The van der Waals surface area contributed by atoms with Gasteiger partial charge in [-0.1, -0.05) is 0 Å². The lowest BCUT2D eigenvalue weighted by molar-refractivity contribution is 0.589. The average Bonchev–Trinajstić information content (AvgIpc) is 2.63. The fourth-order valence-corrected chi connectivity index (χ4v) is 3.01. The van der Waals surface area contributed by atoms with Gasteiger partial charge in [0.1, 0.15) is 16.9 Å². The standard InChI is InChI=1S/C9H13N3O2S2/c1-5(16(2,13)14)9-11-7-4-15-3-6(7)8(10)12-9/h5H,3-4H2,1-2H3,(H2,10,11,12). The molecule has 1 unspecified atom stereocenters. The van der Waals surface area contributed by atoms with Crippen LogP contribution in [0.15, 0.2) is 0 Å². The van der Waals surface area contributed by atoms with Crippen molar-refractivity contribution in [1.82, 2.24) is 9.97 Å². The van der Waals surface area contributed by atoms with Gasteiger partial charge in [0.2, 0.25) is 0 Å². The monoisotopic (exact) mass is 259 g/mol. The molecule has 2 heterocycles. The molecule has 1 aromatic heterocycles. The molecule has 5 nitrogen and oxygen atoms in total. The van der Waals surface area contributed by atoms with Crippen molar-refractivity contribution in [1.29, 1.82) is 0 Å². The summed E-state index contributed by atoms with van der Waals surface area (Å²) in [5.41, 5.74) is 7.63. The van der Waals surface area contributed by atoms with Gasteiger partial charge in [-0.25, -0.2) is 18.4 Å². The first kappa shape index (κ1) is 11.7. The van der Waals surface area contributed by atoms with Crippen LogP contribution in [0.1, 0.15) is 29.3 Å². The molecule has 0 aliphatic carbocycles. The third kappa shape index (κ3) is 2.01. The molecule has 0 aromatic carbocycles. The van der Waals surface area contributed by atoms with E-state index in [2.05, 4.69) is 9.97 Å². The molecule has 1 atom stereocenters. The summed E-state index contributed by atoms with van der Waals surface area (Å²) in [6.45, 7) is 1.58. The molecular weight excluding hydrogens is 246 g/mol. The molecule has 0 saturated heterocycles. The Morgan fingerprint density at radius 1 is 1.38 bits per heavy atom. The third-order valence-electron chi connectivity index (χ3n) is 2.63. The molecule has 1 aliphatic rings. The van der Waals surface area contributed by atoms with Gasteiger partial charge in [-0.2, -0.15) is 11.8 Å². The Labute approximate surface area is 98.8 Å². The van der Waals surface area contributed by atoms with Crippen molar-refractivity contribution in [3.63, 3.8) is 0 Å². The number of sulfone groups is 1. The number of nitrogens with two attached hydrogens (primary N) is 1. The van der Waals surface area contributed by atoms with E-state index >= 15 is 0 Å². The summed E-state index contributed by atoms with van der Waals surface area (Å²) < 4.78 is 22.8. The van der Waals surface area contributed by atoms with Crippen molar-refractivity contribution >= 4 is 27.4 Å². The topological polar surface area (TPSA) is 85.9 Å². The summed E-state index contributed by atoms with van der Waals surface area (Å²) in [5.74, 6) is 2.32. The Balaban J connectivity index is 2.49. The summed E-state index contributed by atoms with van der Waals surface area (Å²) in [7, 11) is -3.18. The predicted octanol–water partition coefficient (Wildman–Crippen LogP) is 0.911. The summed E-state index contributed by atoms with van der Waals surface area (Å²) in [6, 6.07) is 0. The maximum Gasteiger partial charge on any atom is 0.157 e. The summed E-state index contributed by atoms with van der Waals surface area (Å²) >= 11 is 1.71. The quantitative estimate of drug-likeness (QED) is 0.849. The summed E-state index contributed by atoms with van der Waals surface area (Å²) in [5, 5.41) is -0.703. The van der Waals surface area contributed by atoms with Crippen molar-refractivity contribution in [2.24, 2.45) is 0 Å². The van der Waals surface area contributed by atoms with Gasteiger partial charge >= 0.3 is 0 Å². The van der Waals surface area contributed by atoms with Crippen LogP contribution in [0.4, 0.5) is 5.82 Å². The Hall–Kier alpha value is -0.820. The highest BCUT2D eigenvalue weighted by Crippen LogP contribution is 2.32. The maximum absolute atomic E-state index is 11.4. The van der Waals surface area contributed by atoms with E-state index in [4.69, 9.17) is 5.73 Å². The molecular formula is C9H13N3O2S2. The smallest absolute Gasteiger partial charge is 0.157 e. The van der Waals surface area contributed by atoms with Crippen LogP contribution in [0.3, 0.4) is 0 Å². The normalized spacial score (nSPS) is 17.1. The summed E-state index contributed by atoms with van der Waals surface area (Å²) in [4.78, 5) is 8.37. The van der Waals surface area contributed by atoms with Gasteiger partial charge in [0.25, 0.3) is 0 Å². The third-order valence-corrected chi connectivity index (χ3v) is 5.10. The van der Waals surface area contributed by atoms with Crippen molar-refractivity contribution in [3.8, 4) is 0 Å². The predicted molar refractivity (Wildman–Crippen MR) is 64.7 cm³/mol. The van der Waals surface area contributed by atoms with Crippen molar-refractivity contribution in [3.05, 3.63) is 17.1 Å². The van der Waals surface area contributed by atoms with Crippen LogP contribution in [-0.4, -0.2) is 24.6 Å². The van der Waals surface area contributed by atoms with Crippen molar-refractivity contribution < 1.29 is 8.42 Å². The minimum absolute atomic E-state index is 0.307. The number of hydrogen-bond acceptors (Lipinski definition) is 6. The van der Waals surface area contributed by atoms with Crippen LogP contribution in [-0.2, 0) is 21.3 Å². The number of nitrogen functional groups attached to an aromatic ring is 1. The van der Waals surface area contributed by atoms with Crippen molar-refractivity contribution in [2.75, 3.05) is 12.0 Å². The van der Waals surface area contributed by atoms with Gasteiger partial charge in [0.05, 0.1) is 5.69 Å². The molecule has 0 saturated carbocycles. The molecule has 1 aliphatic heterocycles. The molecule has 0 amide bonds. The van der Waals surface area contributed by atoms with Gasteiger partial charge in [0, 0.05) is 23.3 Å². The first-order valence-electron chi connectivity index (χ1n) is 4.81. The fraction of sp³-hybridized carbons (Fsp3) is 0.556. The first-order chi connectivity index (χ1) is 7.39. The van der Waals surface area contributed by atoms with Crippen LogP contribution < -0.4 is 5.73 Å². The molecule has 88 valence electrons. The van der Waals surface area contributed by atoms with Gasteiger partial charge in [0.15, 0.2) is 9.84 Å². The second-order valence-electron chi connectivity index (χ2n) is 3.86. The van der Waals surface area contributed by atoms with E-state index in [9.17, 15) is 8.42 Å². The molecule has 0 bridgehead atoms. The molecule has 0 fully saturated rings. The van der Waals surface area contributed by atoms with Gasteiger partial charge in [-0.15, -0.1) is 0 Å². The minimum Gasteiger partial charge on any atom is -0.383 e. The Kier molecular flexibility index (Phi) is 2.83. The maximum atomic E-state index is 11.4. The molecule has 2 rings (SSSR count). The molecule has 7 heteroatoms. The van der Waals surface area contributed by atoms with Gasteiger partial charge < -0.3 is 5.73 Å². The lowest BCUT2D eigenvalue weighted by Crippen LogP contribution is -2.14. The molecule has 0 radical (unpaired) electrons. The Morgan fingerprint density at radius 2 is 2.06 bits per heavy atom. The Morgan fingerprint density at radius 3 is 2.69 bits per heavy atom. The van der Waals surface area contributed by atoms with E-state index in [0.717, 1.165) is 22.8 Å². The lowest BCUT2D eigenvalue weighted by Gasteiger charge is -2.10. The lowest BCUT2D eigenvalue weighted by atomic mass is 10.2. The molecule has 0 spiro atoms. The zero-order valence-corrected chi connectivity index (χ0v) is 10.7. The van der Waals surface area contributed by atoms with Crippen molar-refractivity contribution in [2.45, 2.75) is 23.7 Å². The SMILES string of the molecule is CC(c1nc(N)c2c(n1)CSC2)S(C)(=O)=O. The highest BCUT2D eigenvalue weighted by atomic mass is 32.2. The zero-order valence-electron chi connectivity index (χ0n) is 9.10. The highest BCUT2D eigenvalue weighted by Gasteiger charge is 2.24. The van der Waals surface area contributed by atoms with E-state index in [-0.39, 0.29) is 0 Å². The van der Waals surface area contributed by atoms with Crippen LogP contribution >= 0.6 is 11.8 Å². The highest BCUT2D eigenvalue weighted by molar-refractivity contribution is 7.98. The number of anilines is 1. The largest absolute Gasteiger partial charge is 0.383 e. The fourth-order valence-electron chi connectivity index (χ4n) is 1.47. The number of aromatic nitrogens is 2. The average molecular weight is 259 g/mol. The van der Waals surface area contributed by atoms with Crippen LogP contribution in [0, 0.1) is 0 Å². The molecule has 2 N–H and O–H groups in total. The Bertz CT molecular complexity index is 528. The second-order valence-corrected chi connectivity index (χ2v) is 7.21. The van der Waals surface area contributed by atoms with E-state index in [1.165, 1.54) is 6.26 Å². The van der Waals surface area contributed by atoms with E-state index in [1.807, 2.05) is 0 Å². The van der Waals surface area contributed by atoms with Gasteiger partial charge in [-0.05, 0) is 6.92 Å². The zero-order chi connectivity index (χ0) is 11.9. The molecule has 1 aromatic rings. The van der Waals surface area contributed by atoms with Gasteiger partial charge in [-0.3, -0.25) is 0 Å². The van der Waals surface area contributed by atoms with Crippen LogP contribution in [0.2, 0.25) is 0 Å². The molecule has 16 heavy (non-hydrogen) atoms. The van der Waals surface area contributed by atoms with E-state index in [1.54, 1.807) is 18.7 Å². The van der Waals surface area contributed by atoms with E-state index in [0.29, 0.717) is 11.6 Å². The minimum atomic E-state index is -3.18. The van der Waals surface area contributed by atoms with Crippen LogP contribution in [0.5, 0.6) is 0 Å². The van der Waals surface area contributed by atoms with Crippen LogP contribution in [0.25, 0.3) is 0 Å². The van der Waals surface area contributed by atoms with E-state index < -0.39 is 15.1 Å². The number of thioether (sulfide) groups is 1. The summed E-state index contributed by atoms with van der Waals surface area (Å²) in [6.07, 6.45) is 1.18. The second kappa shape index (κ2) is 3.89. The number of fused-ring (bicyclic) bond motifs is 1. The number of rotatable bonds is 2. The number of hydrogen-bond donors (Lipinski definition) is 1.